The first-order valence-electron chi connectivity index (χ1n) is 9.46. The minimum Gasteiger partial charge on any atom is -0.452 e. The maximum absolute atomic E-state index is 13.3. The van der Waals surface area contributed by atoms with E-state index in [1.54, 1.807) is 23.0 Å². The molecule has 1 heterocycles. The van der Waals surface area contributed by atoms with Gasteiger partial charge in [0.2, 0.25) is 0 Å². The van der Waals surface area contributed by atoms with Crippen molar-refractivity contribution in [2.45, 2.75) is 6.42 Å². The lowest BCUT2D eigenvalue weighted by atomic mass is 10.1. The molecule has 1 N–H and O–H groups in total. The molecule has 156 valence electrons. The number of ether oxygens (including phenoxy) is 1. The number of rotatable bonds is 8. The third kappa shape index (κ3) is 6.11. The Balaban J connectivity index is 1.76. The van der Waals surface area contributed by atoms with Gasteiger partial charge in [0.1, 0.15) is 5.82 Å². The Labute approximate surface area is 178 Å². The molecule has 2 aromatic carbocycles. The van der Waals surface area contributed by atoms with E-state index >= 15 is 0 Å². The molecule has 3 aromatic rings. The van der Waals surface area contributed by atoms with Crippen LogP contribution >= 0.6 is 0 Å². The smallest absolute Gasteiger partial charge is 0.331 e. The molecule has 1 amide bonds. The molecule has 0 aliphatic rings. The Kier molecular flexibility index (Phi) is 7.27. The summed E-state index contributed by atoms with van der Waals surface area (Å²) >= 11 is 0. The van der Waals surface area contributed by atoms with Crippen LogP contribution < -0.4 is 5.32 Å². The van der Waals surface area contributed by atoms with E-state index in [0.29, 0.717) is 16.8 Å². The molecule has 0 saturated carbocycles. The quantitative estimate of drug-likeness (QED) is 0.344. The van der Waals surface area contributed by atoms with E-state index in [1.807, 2.05) is 36.4 Å². The van der Waals surface area contributed by atoms with Crippen LogP contribution in [0.3, 0.4) is 0 Å². The number of esters is 1. The number of nitriles is 1. The Morgan fingerprint density at radius 3 is 2.61 bits per heavy atom. The summed E-state index contributed by atoms with van der Waals surface area (Å²) in [4.78, 5) is 23.6. The molecule has 0 spiro atoms. The number of aromatic nitrogens is 2. The summed E-state index contributed by atoms with van der Waals surface area (Å²) in [6.45, 7) is -0.245. The highest BCUT2D eigenvalue weighted by atomic mass is 19.1. The van der Waals surface area contributed by atoms with Crippen LogP contribution in [0.4, 0.5) is 4.39 Å². The molecule has 1 aromatic heterocycles. The lowest BCUT2D eigenvalue weighted by molar-refractivity contribution is -0.143. The molecular weight excluding hydrogens is 399 g/mol. The van der Waals surface area contributed by atoms with Crippen molar-refractivity contribution in [1.29, 1.82) is 5.26 Å². The highest BCUT2D eigenvalue weighted by Gasteiger charge is 2.12. The number of carbonyl (C=O) groups is 2. The van der Waals surface area contributed by atoms with Crippen molar-refractivity contribution < 1.29 is 18.7 Å². The van der Waals surface area contributed by atoms with Gasteiger partial charge in [0.25, 0.3) is 5.91 Å². The average molecular weight is 418 g/mol. The van der Waals surface area contributed by atoms with Crippen molar-refractivity contribution in [3.8, 4) is 23.0 Å². The van der Waals surface area contributed by atoms with Gasteiger partial charge < -0.3 is 10.1 Å². The summed E-state index contributed by atoms with van der Waals surface area (Å²) in [7, 11) is 0. The van der Waals surface area contributed by atoms with Crippen LogP contribution in [-0.2, 0) is 14.3 Å². The molecule has 31 heavy (non-hydrogen) atoms. The van der Waals surface area contributed by atoms with Gasteiger partial charge in [-0.3, -0.25) is 4.79 Å². The third-order valence-electron chi connectivity index (χ3n) is 4.18. The average Bonchev–Trinajstić information content (AvgIpc) is 3.22. The molecule has 0 aliphatic carbocycles. The van der Waals surface area contributed by atoms with E-state index in [9.17, 15) is 14.0 Å². The second kappa shape index (κ2) is 10.5. The molecule has 3 rings (SSSR count). The monoisotopic (exact) mass is 418 g/mol. The molecule has 0 radical (unpaired) electrons. The van der Waals surface area contributed by atoms with Crippen LogP contribution in [0.2, 0.25) is 0 Å². The van der Waals surface area contributed by atoms with Crippen LogP contribution in [-0.4, -0.2) is 34.8 Å². The van der Waals surface area contributed by atoms with Gasteiger partial charge >= 0.3 is 5.97 Å². The van der Waals surface area contributed by atoms with Crippen LogP contribution in [0.15, 0.2) is 66.9 Å². The van der Waals surface area contributed by atoms with E-state index < -0.39 is 18.5 Å². The first kappa shape index (κ1) is 21.5. The van der Waals surface area contributed by atoms with Gasteiger partial charge in [0, 0.05) is 29.9 Å². The zero-order chi connectivity index (χ0) is 22.1. The van der Waals surface area contributed by atoms with Crippen molar-refractivity contribution in [2.75, 3.05) is 13.2 Å². The summed E-state index contributed by atoms with van der Waals surface area (Å²) in [5.41, 5.74) is 2.68. The van der Waals surface area contributed by atoms with Crippen molar-refractivity contribution in [3.05, 3.63) is 78.3 Å². The Morgan fingerprint density at radius 1 is 1.16 bits per heavy atom. The standard InChI is InChI=1S/C23H19FN4O3/c24-19-10-7-17(8-11-19)23-18(15-28(27-23)20-5-2-1-3-6-20)9-12-22(30)31-16-21(29)26-14-4-13-25/h1-3,5-12,15H,4,14,16H2,(H,26,29)/b12-9+. The normalized spacial score (nSPS) is 10.6. The maximum atomic E-state index is 13.3. The van der Waals surface area contributed by atoms with E-state index in [2.05, 4.69) is 10.4 Å². The number of para-hydroxylation sites is 1. The predicted molar refractivity (Wildman–Crippen MR) is 112 cm³/mol. The first-order valence-corrected chi connectivity index (χ1v) is 9.46. The van der Waals surface area contributed by atoms with Gasteiger partial charge in [-0.05, 0) is 42.5 Å². The van der Waals surface area contributed by atoms with Crippen molar-refractivity contribution in [1.82, 2.24) is 15.1 Å². The number of carbonyl (C=O) groups excluding carboxylic acids is 2. The summed E-state index contributed by atoms with van der Waals surface area (Å²) in [6, 6.07) is 17.2. The number of halogens is 1. The Hall–Kier alpha value is -4.25. The molecule has 0 fully saturated rings. The molecule has 0 aliphatic heterocycles. The number of nitrogens with one attached hydrogen (secondary N) is 1. The number of benzene rings is 2. The summed E-state index contributed by atoms with van der Waals surface area (Å²) in [5, 5.41) is 15.5. The van der Waals surface area contributed by atoms with Gasteiger partial charge in [-0.2, -0.15) is 10.4 Å². The Morgan fingerprint density at radius 2 is 1.90 bits per heavy atom. The summed E-state index contributed by atoms with van der Waals surface area (Å²) in [5.74, 6) is -1.55. The van der Waals surface area contributed by atoms with Crippen LogP contribution in [0.25, 0.3) is 23.0 Å². The number of hydrogen-bond donors (Lipinski definition) is 1. The summed E-state index contributed by atoms with van der Waals surface area (Å²) < 4.78 is 19.9. The van der Waals surface area contributed by atoms with Crippen LogP contribution in [0.1, 0.15) is 12.0 Å². The molecule has 0 unspecified atom stereocenters. The van der Waals surface area contributed by atoms with Crippen molar-refractivity contribution >= 4 is 18.0 Å². The highest BCUT2D eigenvalue weighted by Crippen LogP contribution is 2.25. The van der Waals surface area contributed by atoms with Gasteiger partial charge in [0.15, 0.2) is 6.61 Å². The molecular formula is C23H19FN4O3. The maximum Gasteiger partial charge on any atom is 0.331 e. The fourth-order valence-electron chi connectivity index (χ4n) is 2.71. The lowest BCUT2D eigenvalue weighted by Crippen LogP contribution is -2.29. The minimum atomic E-state index is -0.701. The largest absolute Gasteiger partial charge is 0.452 e. The minimum absolute atomic E-state index is 0.178. The fraction of sp³-hybridized carbons (Fsp3) is 0.130. The van der Waals surface area contributed by atoms with Crippen molar-refractivity contribution in [3.63, 3.8) is 0 Å². The van der Waals surface area contributed by atoms with Gasteiger partial charge in [-0.15, -0.1) is 0 Å². The third-order valence-corrected chi connectivity index (χ3v) is 4.18. The second-order valence-corrected chi connectivity index (χ2v) is 6.42. The first-order chi connectivity index (χ1) is 15.1. The summed E-state index contributed by atoms with van der Waals surface area (Å²) in [6.07, 6.45) is 4.65. The topological polar surface area (TPSA) is 97.0 Å². The fourth-order valence-corrected chi connectivity index (χ4v) is 2.71. The molecule has 8 heteroatoms. The van der Waals surface area contributed by atoms with E-state index in [1.165, 1.54) is 24.3 Å². The van der Waals surface area contributed by atoms with Gasteiger partial charge in [-0.25, -0.2) is 13.9 Å². The SMILES string of the molecule is N#CCCNC(=O)COC(=O)/C=C/c1cn(-c2ccccc2)nc1-c1ccc(F)cc1. The number of nitrogens with zero attached hydrogens (tertiary/aromatic N) is 3. The molecule has 7 nitrogen and oxygen atoms in total. The molecule has 0 saturated heterocycles. The van der Waals surface area contributed by atoms with Crippen LogP contribution in [0, 0.1) is 17.1 Å². The molecule has 0 atom stereocenters. The Bertz CT molecular complexity index is 1120. The highest BCUT2D eigenvalue weighted by molar-refractivity contribution is 5.90. The van der Waals surface area contributed by atoms with Gasteiger partial charge in [-0.1, -0.05) is 18.2 Å². The van der Waals surface area contributed by atoms with E-state index in [4.69, 9.17) is 10.00 Å². The van der Waals surface area contributed by atoms with Gasteiger partial charge in [0.05, 0.1) is 23.9 Å². The molecule has 0 bridgehead atoms. The second-order valence-electron chi connectivity index (χ2n) is 6.42. The lowest BCUT2D eigenvalue weighted by Gasteiger charge is -2.02. The predicted octanol–water partition coefficient (Wildman–Crippen LogP) is 3.26. The van der Waals surface area contributed by atoms with Crippen LogP contribution in [0.5, 0.6) is 0 Å². The number of amides is 1. The zero-order valence-electron chi connectivity index (χ0n) is 16.5. The zero-order valence-corrected chi connectivity index (χ0v) is 16.5. The number of hydrogen-bond acceptors (Lipinski definition) is 5. The van der Waals surface area contributed by atoms with E-state index in [-0.39, 0.29) is 18.8 Å². The van der Waals surface area contributed by atoms with Crippen molar-refractivity contribution in [2.24, 2.45) is 0 Å². The van der Waals surface area contributed by atoms with E-state index in [0.717, 1.165) is 5.69 Å².